The summed E-state index contributed by atoms with van der Waals surface area (Å²) in [6, 6.07) is 7.39. The molecule has 1 aromatic rings. The van der Waals surface area contributed by atoms with Crippen molar-refractivity contribution in [3.05, 3.63) is 24.3 Å². The van der Waals surface area contributed by atoms with Gasteiger partial charge in [0.1, 0.15) is 12.4 Å². The Labute approximate surface area is 259 Å². The Morgan fingerprint density at radius 3 is 1.12 bits per heavy atom. The zero-order valence-electron chi connectivity index (χ0n) is 26.6. The summed E-state index contributed by atoms with van der Waals surface area (Å²) >= 11 is 0. The number of hydrogen-bond acceptors (Lipinski definition) is 11. The molecule has 11 nitrogen and oxygen atoms in total. The molecule has 1 rings (SSSR count). The van der Waals surface area contributed by atoms with Crippen molar-refractivity contribution >= 4 is 5.69 Å². The molecule has 0 unspecified atom stereocenters. The monoisotopic (exact) mass is 617 g/mol. The second kappa shape index (κ2) is 33.4. The van der Waals surface area contributed by atoms with Gasteiger partial charge >= 0.3 is 0 Å². The molecular weight excluding hydrogens is 558 g/mol. The molecule has 0 saturated heterocycles. The van der Waals surface area contributed by atoms with Gasteiger partial charge in [-0.3, -0.25) is 0 Å². The van der Waals surface area contributed by atoms with Gasteiger partial charge in [-0.15, -0.1) is 0 Å². The summed E-state index contributed by atoms with van der Waals surface area (Å²) in [6.07, 6.45) is 7.69. The van der Waals surface area contributed by atoms with Gasteiger partial charge in [0.05, 0.1) is 118 Å². The first-order valence-corrected chi connectivity index (χ1v) is 16.0. The number of ether oxygens (including phenoxy) is 10. The van der Waals surface area contributed by atoms with Crippen LogP contribution in [-0.4, -0.2) is 126 Å². The molecule has 0 atom stereocenters. The molecule has 252 valence electrons. The Kier molecular flexibility index (Phi) is 30.6. The van der Waals surface area contributed by atoms with Gasteiger partial charge in [-0.1, -0.05) is 51.2 Å². The lowest BCUT2D eigenvalue weighted by molar-refractivity contribution is -0.0254. The molecule has 11 heteroatoms. The number of rotatable bonds is 35. The van der Waals surface area contributed by atoms with E-state index in [4.69, 9.17) is 53.1 Å². The van der Waals surface area contributed by atoms with Crippen molar-refractivity contribution in [1.29, 1.82) is 0 Å². The molecule has 0 aliphatic carbocycles. The Bertz CT molecular complexity index is 685. The van der Waals surface area contributed by atoms with Crippen LogP contribution in [0.25, 0.3) is 0 Å². The summed E-state index contributed by atoms with van der Waals surface area (Å²) in [5, 5.41) is 0. The van der Waals surface area contributed by atoms with Crippen molar-refractivity contribution < 1.29 is 47.4 Å². The largest absolute Gasteiger partial charge is 0.489 e. The maximum absolute atomic E-state index is 5.82. The molecule has 2 N–H and O–H groups in total. The second-order valence-corrected chi connectivity index (χ2v) is 9.67. The molecule has 0 saturated carbocycles. The van der Waals surface area contributed by atoms with Crippen molar-refractivity contribution in [1.82, 2.24) is 0 Å². The van der Waals surface area contributed by atoms with Crippen LogP contribution < -0.4 is 10.5 Å². The fraction of sp³-hybridized carbons (Fsp3) is 0.812. The first kappa shape index (κ1) is 39.5. The van der Waals surface area contributed by atoms with Crippen molar-refractivity contribution in [3.63, 3.8) is 0 Å². The minimum absolute atomic E-state index is 0.443. The van der Waals surface area contributed by atoms with Gasteiger partial charge in [0.15, 0.2) is 0 Å². The maximum atomic E-state index is 5.82. The quantitative estimate of drug-likeness (QED) is 0.0874. The SMILES string of the molecule is CCCCCCCCOCCOCCOCCOCCOCCOCCOCCOCCOCCOc1ccccc1N. The standard InChI is InChI=1S/C32H59NO10/c1-2-3-4-5-6-9-12-34-13-14-35-15-16-36-17-18-37-19-20-38-21-22-39-23-24-40-25-26-41-27-28-42-29-30-43-32-11-8-7-10-31(32)33/h7-8,10-11H,2-6,9,12-30,33H2,1H3. The topological polar surface area (TPSA) is 118 Å². The highest BCUT2D eigenvalue weighted by molar-refractivity contribution is 5.51. The number of nitrogen functional groups attached to an aromatic ring is 1. The molecule has 0 bridgehead atoms. The number of para-hydroxylation sites is 2. The number of hydrogen-bond donors (Lipinski definition) is 1. The minimum atomic E-state index is 0.443. The molecule has 0 spiro atoms. The van der Waals surface area contributed by atoms with Crippen LogP contribution in [0.5, 0.6) is 5.75 Å². The molecule has 0 amide bonds. The lowest BCUT2D eigenvalue weighted by atomic mass is 10.1. The average molecular weight is 618 g/mol. The Morgan fingerprint density at radius 1 is 0.395 bits per heavy atom. The normalized spacial score (nSPS) is 11.4. The van der Waals surface area contributed by atoms with Gasteiger partial charge < -0.3 is 53.1 Å². The summed E-state index contributed by atoms with van der Waals surface area (Å²) in [5.74, 6) is 0.673. The molecule has 0 radical (unpaired) electrons. The van der Waals surface area contributed by atoms with Crippen LogP contribution >= 0.6 is 0 Å². The highest BCUT2D eigenvalue weighted by atomic mass is 16.6. The maximum Gasteiger partial charge on any atom is 0.142 e. The molecular formula is C32H59NO10. The van der Waals surface area contributed by atoms with Crippen LogP contribution in [0.3, 0.4) is 0 Å². The fourth-order valence-corrected chi connectivity index (χ4v) is 3.67. The molecule has 0 aromatic heterocycles. The van der Waals surface area contributed by atoms with Gasteiger partial charge in [0, 0.05) is 6.61 Å². The third-order valence-electron chi connectivity index (χ3n) is 6.02. The molecule has 43 heavy (non-hydrogen) atoms. The van der Waals surface area contributed by atoms with Crippen LogP contribution in [0, 0.1) is 0 Å². The first-order valence-electron chi connectivity index (χ1n) is 16.0. The number of benzene rings is 1. The zero-order valence-corrected chi connectivity index (χ0v) is 26.6. The molecule has 0 fully saturated rings. The van der Waals surface area contributed by atoms with Crippen LogP contribution in [0.15, 0.2) is 24.3 Å². The van der Waals surface area contributed by atoms with E-state index in [1.165, 1.54) is 32.1 Å². The van der Waals surface area contributed by atoms with E-state index in [9.17, 15) is 0 Å². The van der Waals surface area contributed by atoms with E-state index >= 15 is 0 Å². The molecule has 0 aliphatic heterocycles. The van der Waals surface area contributed by atoms with E-state index in [0.717, 1.165) is 13.0 Å². The molecule has 0 aliphatic rings. The summed E-state index contributed by atoms with van der Waals surface area (Å²) in [6.45, 7) is 12.6. The van der Waals surface area contributed by atoms with E-state index in [0.29, 0.717) is 130 Å². The highest BCUT2D eigenvalue weighted by Crippen LogP contribution is 2.19. The van der Waals surface area contributed by atoms with Gasteiger partial charge in [0.2, 0.25) is 0 Å². The zero-order chi connectivity index (χ0) is 30.7. The first-order chi connectivity index (χ1) is 21.3. The molecule has 1 aromatic carbocycles. The minimum Gasteiger partial charge on any atom is -0.489 e. The van der Waals surface area contributed by atoms with E-state index in [1.807, 2.05) is 18.2 Å². The lowest BCUT2D eigenvalue weighted by Crippen LogP contribution is -2.15. The third-order valence-corrected chi connectivity index (χ3v) is 6.02. The Balaban J connectivity index is 1.63. The smallest absolute Gasteiger partial charge is 0.142 e. The van der Waals surface area contributed by atoms with Crippen molar-refractivity contribution in [2.45, 2.75) is 45.4 Å². The van der Waals surface area contributed by atoms with Gasteiger partial charge in [-0.05, 0) is 18.6 Å². The van der Waals surface area contributed by atoms with Crippen LogP contribution in [0.4, 0.5) is 5.69 Å². The van der Waals surface area contributed by atoms with Gasteiger partial charge in [-0.25, -0.2) is 0 Å². The van der Waals surface area contributed by atoms with Crippen LogP contribution in [-0.2, 0) is 42.6 Å². The molecule has 0 heterocycles. The predicted molar refractivity (Wildman–Crippen MR) is 167 cm³/mol. The van der Waals surface area contributed by atoms with E-state index in [1.54, 1.807) is 6.07 Å². The van der Waals surface area contributed by atoms with Crippen LogP contribution in [0.1, 0.15) is 45.4 Å². The summed E-state index contributed by atoms with van der Waals surface area (Å²) < 4.78 is 55.0. The summed E-state index contributed by atoms with van der Waals surface area (Å²) in [4.78, 5) is 0. The Hall–Kier alpha value is -1.54. The van der Waals surface area contributed by atoms with E-state index < -0.39 is 0 Å². The number of nitrogens with two attached hydrogens (primary N) is 1. The highest BCUT2D eigenvalue weighted by Gasteiger charge is 1.99. The fourth-order valence-electron chi connectivity index (χ4n) is 3.67. The summed E-state index contributed by atoms with van der Waals surface area (Å²) in [7, 11) is 0. The third kappa shape index (κ3) is 29.0. The second-order valence-electron chi connectivity index (χ2n) is 9.67. The predicted octanol–water partition coefficient (Wildman–Crippen LogP) is 4.16. The Morgan fingerprint density at radius 2 is 0.721 bits per heavy atom. The van der Waals surface area contributed by atoms with Crippen molar-refractivity contribution in [3.8, 4) is 5.75 Å². The van der Waals surface area contributed by atoms with Crippen LogP contribution in [0.2, 0.25) is 0 Å². The van der Waals surface area contributed by atoms with E-state index in [2.05, 4.69) is 6.92 Å². The number of unbranched alkanes of at least 4 members (excludes halogenated alkanes) is 5. The van der Waals surface area contributed by atoms with Crippen molar-refractivity contribution in [2.24, 2.45) is 0 Å². The van der Waals surface area contributed by atoms with Gasteiger partial charge in [-0.2, -0.15) is 0 Å². The van der Waals surface area contributed by atoms with Crippen molar-refractivity contribution in [2.75, 3.05) is 131 Å². The number of anilines is 1. The average Bonchev–Trinajstić information content (AvgIpc) is 3.02. The van der Waals surface area contributed by atoms with Gasteiger partial charge in [0.25, 0.3) is 0 Å². The lowest BCUT2D eigenvalue weighted by Gasteiger charge is -2.09. The summed E-state index contributed by atoms with van der Waals surface area (Å²) in [5.41, 5.74) is 6.44. The van der Waals surface area contributed by atoms with E-state index in [-0.39, 0.29) is 0 Å².